The topological polar surface area (TPSA) is 82.0 Å². The van der Waals surface area contributed by atoms with Gasteiger partial charge in [0.2, 0.25) is 6.79 Å². The van der Waals surface area contributed by atoms with Crippen LogP contribution in [0.1, 0.15) is 11.3 Å². The van der Waals surface area contributed by atoms with E-state index in [0.717, 1.165) is 34.2 Å². The Hall–Kier alpha value is -3.04. The number of hydrogen-bond acceptors (Lipinski definition) is 7. The number of rotatable bonds is 7. The predicted molar refractivity (Wildman–Crippen MR) is 116 cm³/mol. The summed E-state index contributed by atoms with van der Waals surface area (Å²) in [7, 11) is 0. The number of aromatic amines is 1. The maximum Gasteiger partial charge on any atom is 0.343 e. The second-order valence-electron chi connectivity index (χ2n) is 6.70. The second-order valence-corrected chi connectivity index (χ2v) is 8.50. The minimum absolute atomic E-state index is 0.187. The number of H-pyrrole nitrogens is 1. The van der Waals surface area contributed by atoms with Crippen LogP contribution in [-0.4, -0.2) is 26.5 Å². The summed E-state index contributed by atoms with van der Waals surface area (Å²) in [6.45, 7) is 0.843. The Kier molecular flexibility index (Phi) is 5.29. The molecule has 3 heterocycles. The van der Waals surface area contributed by atoms with Gasteiger partial charge in [-0.25, -0.2) is 14.9 Å². The van der Waals surface area contributed by atoms with Crippen molar-refractivity contribution in [3.63, 3.8) is 0 Å². The average molecular weight is 439 g/mol. The lowest BCUT2D eigenvalue weighted by Gasteiger charge is -2.05. The summed E-state index contributed by atoms with van der Waals surface area (Å²) in [6, 6.07) is 16.0. The van der Waals surface area contributed by atoms with Gasteiger partial charge in [0.1, 0.15) is 5.01 Å². The Morgan fingerprint density at radius 1 is 1.13 bits per heavy atom. The van der Waals surface area contributed by atoms with Crippen LogP contribution in [0.2, 0.25) is 0 Å². The Bertz CT molecular complexity index is 1220. The van der Waals surface area contributed by atoms with Gasteiger partial charge in [-0.15, -0.1) is 16.4 Å². The number of aryl methyl sites for hydroxylation is 1. The van der Waals surface area contributed by atoms with E-state index in [1.54, 1.807) is 15.9 Å². The zero-order valence-electron chi connectivity index (χ0n) is 15.9. The Morgan fingerprint density at radius 3 is 2.90 bits per heavy atom. The lowest BCUT2D eigenvalue weighted by molar-refractivity contribution is 0.174. The number of hydrogen-bond donors (Lipinski definition) is 1. The third kappa shape index (κ3) is 3.99. The Labute approximate surface area is 180 Å². The van der Waals surface area contributed by atoms with Gasteiger partial charge in [-0.2, -0.15) is 0 Å². The molecule has 0 saturated carbocycles. The van der Waals surface area contributed by atoms with Crippen molar-refractivity contribution in [3.8, 4) is 22.1 Å². The molecule has 0 unspecified atom stereocenters. The summed E-state index contributed by atoms with van der Waals surface area (Å²) in [6.07, 6.45) is 0.777. The minimum atomic E-state index is -0.187. The number of nitrogens with zero attached hydrogens (tertiary/aromatic N) is 3. The third-order valence-corrected chi connectivity index (χ3v) is 6.66. The molecule has 0 aliphatic carbocycles. The zero-order valence-corrected chi connectivity index (χ0v) is 17.5. The van der Waals surface area contributed by atoms with E-state index in [0.29, 0.717) is 17.5 Å². The summed E-state index contributed by atoms with van der Waals surface area (Å²) in [5, 5.41) is 10.4. The van der Waals surface area contributed by atoms with E-state index in [1.165, 1.54) is 17.3 Å². The molecule has 5 rings (SSSR count). The quantitative estimate of drug-likeness (QED) is 0.440. The molecule has 7 nitrogen and oxygen atoms in total. The summed E-state index contributed by atoms with van der Waals surface area (Å²) >= 11 is 3.09. The van der Waals surface area contributed by atoms with Gasteiger partial charge in [-0.3, -0.25) is 4.57 Å². The molecule has 0 saturated heterocycles. The van der Waals surface area contributed by atoms with Crippen LogP contribution < -0.4 is 15.2 Å². The smallest absolute Gasteiger partial charge is 0.343 e. The number of thioether (sulfide) groups is 1. The Morgan fingerprint density at radius 2 is 2.00 bits per heavy atom. The van der Waals surface area contributed by atoms with E-state index in [4.69, 9.17) is 14.5 Å². The second kappa shape index (κ2) is 8.37. The monoisotopic (exact) mass is 438 g/mol. The van der Waals surface area contributed by atoms with Crippen LogP contribution in [0.25, 0.3) is 10.6 Å². The molecular formula is C21H18N4O3S2. The molecule has 2 aromatic heterocycles. The van der Waals surface area contributed by atoms with Crippen molar-refractivity contribution >= 4 is 23.1 Å². The minimum Gasteiger partial charge on any atom is -0.454 e. The van der Waals surface area contributed by atoms with Gasteiger partial charge in [0.15, 0.2) is 16.7 Å². The van der Waals surface area contributed by atoms with Crippen LogP contribution >= 0.6 is 23.1 Å². The summed E-state index contributed by atoms with van der Waals surface area (Å²) in [5.74, 6) is 2.15. The molecule has 9 heteroatoms. The number of ether oxygens (including phenoxy) is 2. The summed E-state index contributed by atoms with van der Waals surface area (Å²) < 4.78 is 12.5. The summed E-state index contributed by atoms with van der Waals surface area (Å²) in [5.41, 5.74) is 2.95. The highest BCUT2D eigenvalue weighted by Gasteiger charge is 2.16. The van der Waals surface area contributed by atoms with Crippen LogP contribution in [0.4, 0.5) is 0 Å². The van der Waals surface area contributed by atoms with Gasteiger partial charge < -0.3 is 9.47 Å². The molecule has 0 bridgehead atoms. The van der Waals surface area contributed by atoms with E-state index < -0.39 is 0 Å². The van der Waals surface area contributed by atoms with E-state index in [-0.39, 0.29) is 12.5 Å². The average Bonchev–Trinajstić information content (AvgIpc) is 3.51. The number of nitrogens with one attached hydrogen (secondary N) is 1. The standard InChI is InChI=1S/C21H18N4O3S2/c26-20-23-24-21(25(20)9-8-14-4-2-1-3-5-14)30-12-16-11-29-19(22-16)15-6-7-17-18(10-15)28-13-27-17/h1-7,10-11H,8-9,12-13H2,(H,23,26). The molecule has 30 heavy (non-hydrogen) atoms. The van der Waals surface area contributed by atoms with E-state index in [2.05, 4.69) is 22.3 Å². The van der Waals surface area contributed by atoms with Gasteiger partial charge in [0.25, 0.3) is 0 Å². The van der Waals surface area contributed by atoms with Gasteiger partial charge in [0, 0.05) is 23.2 Å². The van der Waals surface area contributed by atoms with Gasteiger partial charge >= 0.3 is 5.69 Å². The lowest BCUT2D eigenvalue weighted by Crippen LogP contribution is -2.18. The number of thiazole rings is 1. The fraction of sp³-hybridized carbons (Fsp3) is 0.190. The van der Waals surface area contributed by atoms with Crippen molar-refractivity contribution in [2.45, 2.75) is 23.9 Å². The van der Waals surface area contributed by atoms with Crippen LogP contribution in [0.3, 0.4) is 0 Å². The fourth-order valence-electron chi connectivity index (χ4n) is 3.17. The highest BCUT2D eigenvalue weighted by molar-refractivity contribution is 7.98. The highest BCUT2D eigenvalue weighted by Crippen LogP contribution is 2.37. The molecule has 1 aliphatic rings. The van der Waals surface area contributed by atoms with Gasteiger partial charge in [0.05, 0.1) is 5.69 Å². The van der Waals surface area contributed by atoms with E-state index in [9.17, 15) is 4.79 Å². The third-order valence-electron chi connectivity index (χ3n) is 4.71. The molecule has 1 N–H and O–H groups in total. The van der Waals surface area contributed by atoms with Crippen molar-refractivity contribution in [3.05, 3.63) is 75.7 Å². The largest absolute Gasteiger partial charge is 0.454 e. The van der Waals surface area contributed by atoms with Crippen molar-refractivity contribution < 1.29 is 9.47 Å². The van der Waals surface area contributed by atoms with Crippen LogP contribution in [0.15, 0.2) is 63.9 Å². The first-order valence-electron chi connectivity index (χ1n) is 9.42. The maximum absolute atomic E-state index is 12.2. The molecule has 2 aromatic carbocycles. The molecule has 0 atom stereocenters. The predicted octanol–water partition coefficient (Wildman–Crippen LogP) is 3.96. The lowest BCUT2D eigenvalue weighted by atomic mass is 10.1. The van der Waals surface area contributed by atoms with Crippen LogP contribution in [-0.2, 0) is 18.7 Å². The molecule has 152 valence electrons. The molecule has 0 fully saturated rings. The highest BCUT2D eigenvalue weighted by atomic mass is 32.2. The zero-order chi connectivity index (χ0) is 20.3. The van der Waals surface area contributed by atoms with Crippen molar-refractivity contribution in [1.82, 2.24) is 19.7 Å². The van der Waals surface area contributed by atoms with Crippen LogP contribution in [0.5, 0.6) is 11.5 Å². The van der Waals surface area contributed by atoms with E-state index in [1.807, 2.05) is 41.8 Å². The Balaban J connectivity index is 1.25. The van der Waals surface area contributed by atoms with Gasteiger partial charge in [-0.05, 0) is 30.2 Å². The molecule has 0 amide bonds. The maximum atomic E-state index is 12.2. The first kappa shape index (κ1) is 19.0. The number of benzene rings is 2. The molecule has 0 radical (unpaired) electrons. The molecule has 4 aromatic rings. The number of aromatic nitrogens is 4. The van der Waals surface area contributed by atoms with Crippen molar-refractivity contribution in [1.29, 1.82) is 0 Å². The normalized spacial score (nSPS) is 12.4. The van der Waals surface area contributed by atoms with Gasteiger partial charge in [-0.1, -0.05) is 42.1 Å². The number of fused-ring (bicyclic) bond motifs is 1. The molecule has 0 spiro atoms. The molecule has 1 aliphatic heterocycles. The first-order chi connectivity index (χ1) is 14.8. The first-order valence-corrected chi connectivity index (χ1v) is 11.3. The van der Waals surface area contributed by atoms with Crippen molar-refractivity contribution in [2.24, 2.45) is 0 Å². The fourth-order valence-corrected chi connectivity index (χ4v) is 4.96. The molecular weight excluding hydrogens is 420 g/mol. The van der Waals surface area contributed by atoms with Crippen LogP contribution in [0, 0.1) is 0 Å². The summed E-state index contributed by atoms with van der Waals surface area (Å²) in [4.78, 5) is 16.9. The van der Waals surface area contributed by atoms with E-state index >= 15 is 0 Å². The van der Waals surface area contributed by atoms with Crippen molar-refractivity contribution in [2.75, 3.05) is 6.79 Å². The SMILES string of the molecule is O=c1[nH]nc(SCc2csc(-c3ccc4c(c3)OCO4)n2)n1CCc1ccccc1.